The lowest BCUT2D eigenvalue weighted by atomic mass is 10.3. The highest BCUT2D eigenvalue weighted by Gasteiger charge is 2.32. The number of aromatic nitrogens is 2. The standard InChI is InChI=1S/C16H16ClF3N4O3/c1-2-27-15(26)23-5-3-22(4-6-23)14(25)12-9-24-8-10(16(18,19)20)7-11(17)13(24)21-12/h7-9H,2-6H2,1H3. The molecule has 0 unspecified atom stereocenters. The second kappa shape index (κ2) is 7.26. The van der Waals surface area contributed by atoms with Crippen molar-refractivity contribution in [3.05, 3.63) is 34.7 Å². The van der Waals surface area contributed by atoms with Gasteiger partial charge in [0.15, 0.2) is 5.65 Å². The zero-order valence-corrected chi connectivity index (χ0v) is 15.0. The maximum atomic E-state index is 12.9. The molecule has 11 heteroatoms. The van der Waals surface area contributed by atoms with Crippen LogP contribution >= 0.6 is 11.6 Å². The molecule has 3 rings (SSSR count). The number of imidazole rings is 1. The van der Waals surface area contributed by atoms with Gasteiger partial charge in [0.1, 0.15) is 5.69 Å². The van der Waals surface area contributed by atoms with E-state index in [9.17, 15) is 22.8 Å². The van der Waals surface area contributed by atoms with Crippen LogP contribution in [0.1, 0.15) is 23.0 Å². The first-order valence-corrected chi connectivity index (χ1v) is 8.55. The number of fused-ring (bicyclic) bond motifs is 1. The molecular weight excluding hydrogens is 389 g/mol. The van der Waals surface area contributed by atoms with Gasteiger partial charge in [-0.1, -0.05) is 11.6 Å². The molecule has 0 N–H and O–H groups in total. The van der Waals surface area contributed by atoms with Crippen LogP contribution in [-0.4, -0.2) is 64.0 Å². The number of alkyl halides is 3. The van der Waals surface area contributed by atoms with Crippen molar-refractivity contribution in [2.45, 2.75) is 13.1 Å². The summed E-state index contributed by atoms with van der Waals surface area (Å²) in [5.74, 6) is -0.438. The molecule has 3 heterocycles. The molecule has 0 spiro atoms. The molecule has 0 bridgehead atoms. The Bertz CT molecular complexity index is 876. The van der Waals surface area contributed by atoms with Crippen LogP contribution in [0.15, 0.2) is 18.5 Å². The Morgan fingerprint density at radius 1 is 1.19 bits per heavy atom. The van der Waals surface area contributed by atoms with Crippen LogP contribution in [0, 0.1) is 0 Å². The van der Waals surface area contributed by atoms with E-state index in [0.29, 0.717) is 13.1 Å². The third-order valence-electron chi connectivity index (χ3n) is 4.15. The van der Waals surface area contributed by atoms with Crippen LogP contribution in [0.3, 0.4) is 0 Å². The van der Waals surface area contributed by atoms with E-state index in [-0.39, 0.29) is 36.1 Å². The number of ether oxygens (including phenoxy) is 1. The van der Waals surface area contributed by atoms with Crippen molar-refractivity contribution in [1.82, 2.24) is 19.2 Å². The molecule has 7 nitrogen and oxygen atoms in total. The van der Waals surface area contributed by atoms with Crippen molar-refractivity contribution >= 4 is 29.2 Å². The summed E-state index contributed by atoms with van der Waals surface area (Å²) in [7, 11) is 0. The van der Waals surface area contributed by atoms with Crippen LogP contribution in [0.2, 0.25) is 5.02 Å². The van der Waals surface area contributed by atoms with E-state index < -0.39 is 23.7 Å². The van der Waals surface area contributed by atoms with Gasteiger partial charge in [-0.25, -0.2) is 9.78 Å². The van der Waals surface area contributed by atoms with Crippen LogP contribution in [0.4, 0.5) is 18.0 Å². The number of carbonyl (C=O) groups excluding carboxylic acids is 2. The van der Waals surface area contributed by atoms with Gasteiger partial charge in [-0.3, -0.25) is 4.79 Å². The Labute approximate surface area is 157 Å². The van der Waals surface area contributed by atoms with E-state index in [4.69, 9.17) is 16.3 Å². The summed E-state index contributed by atoms with van der Waals surface area (Å²) in [5.41, 5.74) is -0.876. The summed E-state index contributed by atoms with van der Waals surface area (Å²) in [5, 5.41) is -0.198. The van der Waals surface area contributed by atoms with E-state index >= 15 is 0 Å². The number of pyridine rings is 1. The van der Waals surface area contributed by atoms with E-state index in [1.807, 2.05) is 0 Å². The first-order chi connectivity index (χ1) is 12.7. The maximum absolute atomic E-state index is 12.9. The molecule has 27 heavy (non-hydrogen) atoms. The van der Waals surface area contributed by atoms with Gasteiger partial charge < -0.3 is 18.9 Å². The summed E-state index contributed by atoms with van der Waals surface area (Å²) in [6.07, 6.45) is -2.95. The Morgan fingerprint density at radius 3 is 2.41 bits per heavy atom. The lowest BCUT2D eigenvalue weighted by Crippen LogP contribution is -2.50. The highest BCUT2D eigenvalue weighted by atomic mass is 35.5. The van der Waals surface area contributed by atoms with Crippen molar-refractivity contribution in [3.63, 3.8) is 0 Å². The molecule has 0 saturated carbocycles. The Kier molecular flexibility index (Phi) is 5.18. The average Bonchev–Trinajstić information content (AvgIpc) is 3.05. The van der Waals surface area contributed by atoms with E-state index in [2.05, 4.69) is 4.98 Å². The van der Waals surface area contributed by atoms with Gasteiger partial charge in [-0.15, -0.1) is 0 Å². The normalized spacial score (nSPS) is 15.3. The molecule has 0 aromatic carbocycles. The first kappa shape index (κ1) is 19.3. The third-order valence-corrected chi connectivity index (χ3v) is 4.42. The molecule has 0 aliphatic carbocycles. The molecule has 2 amide bonds. The van der Waals surface area contributed by atoms with Crippen LogP contribution in [-0.2, 0) is 10.9 Å². The van der Waals surface area contributed by atoms with Gasteiger partial charge in [0.2, 0.25) is 0 Å². The number of hydrogen-bond acceptors (Lipinski definition) is 4. The van der Waals surface area contributed by atoms with Gasteiger partial charge in [0.05, 0.1) is 17.2 Å². The highest BCUT2D eigenvalue weighted by molar-refractivity contribution is 6.33. The Morgan fingerprint density at radius 2 is 1.81 bits per heavy atom. The number of amides is 2. The lowest BCUT2D eigenvalue weighted by Gasteiger charge is -2.33. The zero-order chi connectivity index (χ0) is 19.8. The summed E-state index contributed by atoms with van der Waals surface area (Å²) < 4.78 is 44.7. The fraction of sp³-hybridized carbons (Fsp3) is 0.438. The Hall–Kier alpha value is -2.49. The fourth-order valence-corrected chi connectivity index (χ4v) is 3.04. The smallest absolute Gasteiger partial charge is 0.417 e. The molecule has 1 fully saturated rings. The lowest BCUT2D eigenvalue weighted by molar-refractivity contribution is -0.137. The number of halogens is 4. The predicted octanol–water partition coefficient (Wildman–Crippen LogP) is 2.92. The van der Waals surface area contributed by atoms with Crippen molar-refractivity contribution in [2.75, 3.05) is 32.8 Å². The number of carbonyl (C=O) groups is 2. The molecule has 0 atom stereocenters. The predicted molar refractivity (Wildman–Crippen MR) is 89.7 cm³/mol. The largest absolute Gasteiger partial charge is 0.450 e. The minimum atomic E-state index is -4.56. The first-order valence-electron chi connectivity index (χ1n) is 8.17. The highest BCUT2D eigenvalue weighted by Crippen LogP contribution is 2.32. The van der Waals surface area contributed by atoms with Crippen molar-refractivity contribution in [2.24, 2.45) is 0 Å². The van der Waals surface area contributed by atoms with Crippen LogP contribution < -0.4 is 0 Å². The molecule has 0 radical (unpaired) electrons. The van der Waals surface area contributed by atoms with Gasteiger partial charge in [-0.2, -0.15) is 13.2 Å². The second-order valence-electron chi connectivity index (χ2n) is 5.91. The summed E-state index contributed by atoms with van der Waals surface area (Å²) in [6.45, 7) is 3.12. The van der Waals surface area contributed by atoms with E-state index in [1.54, 1.807) is 6.92 Å². The monoisotopic (exact) mass is 404 g/mol. The van der Waals surface area contributed by atoms with Crippen molar-refractivity contribution in [1.29, 1.82) is 0 Å². The quantitative estimate of drug-likeness (QED) is 0.772. The minimum Gasteiger partial charge on any atom is -0.450 e. The molecule has 2 aromatic heterocycles. The molecule has 1 saturated heterocycles. The van der Waals surface area contributed by atoms with Gasteiger partial charge in [-0.05, 0) is 13.0 Å². The molecule has 1 aliphatic heterocycles. The van der Waals surface area contributed by atoms with Gasteiger partial charge >= 0.3 is 12.3 Å². The van der Waals surface area contributed by atoms with E-state index in [1.165, 1.54) is 16.0 Å². The molecule has 146 valence electrons. The average molecular weight is 405 g/mol. The number of hydrogen-bond donors (Lipinski definition) is 0. The molecular formula is C16H16ClF3N4O3. The second-order valence-corrected chi connectivity index (χ2v) is 6.32. The SMILES string of the molecule is CCOC(=O)N1CCN(C(=O)c2cn3cc(C(F)(F)F)cc(Cl)c3n2)CC1. The number of rotatable bonds is 2. The maximum Gasteiger partial charge on any atom is 0.417 e. The van der Waals surface area contributed by atoms with Crippen molar-refractivity contribution in [3.8, 4) is 0 Å². The van der Waals surface area contributed by atoms with Crippen LogP contribution in [0.25, 0.3) is 5.65 Å². The van der Waals surface area contributed by atoms with Crippen molar-refractivity contribution < 1.29 is 27.5 Å². The Balaban J connectivity index is 1.77. The fourth-order valence-electron chi connectivity index (χ4n) is 2.78. The van der Waals surface area contributed by atoms with E-state index in [0.717, 1.165) is 16.7 Å². The van der Waals surface area contributed by atoms with Gasteiger partial charge in [0.25, 0.3) is 5.91 Å². The summed E-state index contributed by atoms with van der Waals surface area (Å²) in [6, 6.07) is 0.774. The van der Waals surface area contributed by atoms with Crippen LogP contribution in [0.5, 0.6) is 0 Å². The molecule has 2 aromatic rings. The molecule has 1 aliphatic rings. The summed E-state index contributed by atoms with van der Waals surface area (Å²) in [4.78, 5) is 31.3. The third kappa shape index (κ3) is 3.95. The number of piperazine rings is 1. The zero-order valence-electron chi connectivity index (χ0n) is 14.3. The topological polar surface area (TPSA) is 67.2 Å². The van der Waals surface area contributed by atoms with Gasteiger partial charge in [0, 0.05) is 38.6 Å². The minimum absolute atomic E-state index is 0.0131. The summed E-state index contributed by atoms with van der Waals surface area (Å²) >= 11 is 5.89. The number of nitrogens with zero attached hydrogens (tertiary/aromatic N) is 4.